The molecule has 0 radical (unpaired) electrons. The van der Waals surface area contributed by atoms with Gasteiger partial charge in [-0.2, -0.15) is 0 Å². The Bertz CT molecular complexity index is 180. The first-order chi connectivity index (χ1) is 7.38. The van der Waals surface area contributed by atoms with Crippen LogP contribution in [-0.2, 0) is 9.47 Å². The maximum Gasteiger partial charge on any atom is 0.0703 e. The summed E-state index contributed by atoms with van der Waals surface area (Å²) in [6.07, 6.45) is 8.56. The molecule has 2 fully saturated rings. The second kappa shape index (κ2) is 5.83. The van der Waals surface area contributed by atoms with Crippen LogP contribution in [0.5, 0.6) is 0 Å². The minimum Gasteiger partial charge on any atom is -0.381 e. The van der Waals surface area contributed by atoms with Gasteiger partial charge in [0.05, 0.1) is 18.3 Å². The van der Waals surface area contributed by atoms with Crippen LogP contribution in [0.3, 0.4) is 0 Å². The Hall–Kier alpha value is -0.120. The van der Waals surface area contributed by atoms with Crippen LogP contribution in [0.15, 0.2) is 0 Å². The maximum atomic E-state index is 6.12. The van der Waals surface area contributed by atoms with Gasteiger partial charge in [0, 0.05) is 13.7 Å². The summed E-state index contributed by atoms with van der Waals surface area (Å²) >= 11 is 0. The first-order valence-corrected chi connectivity index (χ1v) is 6.27. The zero-order valence-electron chi connectivity index (χ0n) is 9.71. The van der Waals surface area contributed by atoms with Crippen LogP contribution in [-0.4, -0.2) is 38.5 Å². The first kappa shape index (κ1) is 11.4. The van der Waals surface area contributed by atoms with Crippen LogP contribution in [0.4, 0.5) is 0 Å². The van der Waals surface area contributed by atoms with Gasteiger partial charge < -0.3 is 14.8 Å². The van der Waals surface area contributed by atoms with Gasteiger partial charge in [0.15, 0.2) is 0 Å². The third-order valence-electron chi connectivity index (χ3n) is 3.55. The molecule has 0 amide bonds. The highest BCUT2D eigenvalue weighted by Crippen LogP contribution is 2.25. The number of hydrogen-bond donors (Lipinski definition) is 1. The molecule has 3 unspecified atom stereocenters. The Labute approximate surface area is 92.5 Å². The van der Waals surface area contributed by atoms with E-state index in [2.05, 4.69) is 5.32 Å². The van der Waals surface area contributed by atoms with E-state index >= 15 is 0 Å². The van der Waals surface area contributed by atoms with Crippen molar-refractivity contribution >= 4 is 0 Å². The van der Waals surface area contributed by atoms with Crippen molar-refractivity contribution in [3.05, 3.63) is 0 Å². The van der Waals surface area contributed by atoms with E-state index in [0.29, 0.717) is 18.3 Å². The predicted octanol–water partition coefficient (Wildman–Crippen LogP) is 1.71. The summed E-state index contributed by atoms with van der Waals surface area (Å²) in [5, 5.41) is 3.39. The molecule has 3 atom stereocenters. The Balaban J connectivity index is 1.72. The number of piperidine rings is 1. The lowest BCUT2D eigenvalue weighted by molar-refractivity contribution is -0.0704. The van der Waals surface area contributed by atoms with Gasteiger partial charge in [-0.15, -0.1) is 0 Å². The molecule has 1 aliphatic carbocycles. The summed E-state index contributed by atoms with van der Waals surface area (Å²) in [5.41, 5.74) is 0. The lowest BCUT2D eigenvalue weighted by atomic mass is 9.94. The van der Waals surface area contributed by atoms with E-state index in [-0.39, 0.29) is 0 Å². The molecule has 0 aromatic rings. The number of methoxy groups -OCH3 is 1. The molecule has 1 aliphatic heterocycles. The van der Waals surface area contributed by atoms with Crippen molar-refractivity contribution < 1.29 is 9.47 Å². The van der Waals surface area contributed by atoms with E-state index in [1.165, 1.54) is 32.1 Å². The summed E-state index contributed by atoms with van der Waals surface area (Å²) in [4.78, 5) is 0. The number of rotatable bonds is 3. The van der Waals surface area contributed by atoms with E-state index < -0.39 is 0 Å². The highest BCUT2D eigenvalue weighted by Gasteiger charge is 2.25. The average Bonchev–Trinajstić information content (AvgIpc) is 2.31. The Kier molecular flexibility index (Phi) is 4.42. The molecule has 0 aromatic heterocycles. The van der Waals surface area contributed by atoms with Crippen LogP contribution in [0.1, 0.15) is 38.5 Å². The van der Waals surface area contributed by atoms with Crippen molar-refractivity contribution in [3.63, 3.8) is 0 Å². The monoisotopic (exact) mass is 213 g/mol. The smallest absolute Gasteiger partial charge is 0.0703 e. The molecule has 0 bridgehead atoms. The molecule has 1 saturated carbocycles. The summed E-state index contributed by atoms with van der Waals surface area (Å²) in [6, 6.07) is 0. The third-order valence-corrected chi connectivity index (χ3v) is 3.55. The normalized spacial score (nSPS) is 37.8. The van der Waals surface area contributed by atoms with Crippen molar-refractivity contribution in [2.75, 3.05) is 20.2 Å². The predicted molar refractivity (Wildman–Crippen MR) is 60.0 cm³/mol. The second-order valence-electron chi connectivity index (χ2n) is 4.75. The largest absolute Gasteiger partial charge is 0.381 e. The van der Waals surface area contributed by atoms with E-state index in [1.54, 1.807) is 0 Å². The zero-order chi connectivity index (χ0) is 10.5. The molecule has 2 aliphatic rings. The van der Waals surface area contributed by atoms with Gasteiger partial charge in [0.2, 0.25) is 0 Å². The van der Waals surface area contributed by atoms with Gasteiger partial charge in [-0.1, -0.05) is 0 Å². The van der Waals surface area contributed by atoms with Crippen molar-refractivity contribution in [1.29, 1.82) is 0 Å². The van der Waals surface area contributed by atoms with Gasteiger partial charge in [-0.3, -0.25) is 0 Å². The molecule has 0 spiro atoms. The van der Waals surface area contributed by atoms with E-state index in [9.17, 15) is 0 Å². The minimum atomic E-state index is 0.431. The molecule has 88 valence electrons. The average molecular weight is 213 g/mol. The maximum absolute atomic E-state index is 6.12. The fraction of sp³-hybridized carbons (Fsp3) is 1.00. The van der Waals surface area contributed by atoms with Crippen molar-refractivity contribution in [2.24, 2.45) is 0 Å². The number of ether oxygens (including phenoxy) is 2. The summed E-state index contributed by atoms with van der Waals surface area (Å²) in [7, 11) is 1.81. The van der Waals surface area contributed by atoms with Crippen LogP contribution in [0, 0.1) is 0 Å². The zero-order valence-corrected chi connectivity index (χ0v) is 9.71. The Morgan fingerprint density at radius 2 is 1.80 bits per heavy atom. The van der Waals surface area contributed by atoms with E-state index in [4.69, 9.17) is 9.47 Å². The molecule has 1 saturated heterocycles. The van der Waals surface area contributed by atoms with Crippen molar-refractivity contribution in [3.8, 4) is 0 Å². The summed E-state index contributed by atoms with van der Waals surface area (Å²) < 4.78 is 11.5. The lowest BCUT2D eigenvalue weighted by Crippen LogP contribution is -2.39. The molecule has 1 heterocycles. The highest BCUT2D eigenvalue weighted by atomic mass is 16.5. The van der Waals surface area contributed by atoms with Gasteiger partial charge in [0.1, 0.15) is 0 Å². The van der Waals surface area contributed by atoms with Gasteiger partial charge in [-0.05, 0) is 45.1 Å². The molecule has 3 heteroatoms. The highest BCUT2D eigenvalue weighted by molar-refractivity contribution is 4.77. The molecule has 15 heavy (non-hydrogen) atoms. The molecular weight excluding hydrogens is 190 g/mol. The lowest BCUT2D eigenvalue weighted by Gasteiger charge is -2.33. The molecule has 2 rings (SSSR count). The first-order valence-electron chi connectivity index (χ1n) is 6.27. The van der Waals surface area contributed by atoms with Gasteiger partial charge >= 0.3 is 0 Å². The van der Waals surface area contributed by atoms with Crippen LogP contribution >= 0.6 is 0 Å². The summed E-state index contributed by atoms with van der Waals surface area (Å²) in [6.45, 7) is 2.19. The Morgan fingerprint density at radius 3 is 2.53 bits per heavy atom. The Morgan fingerprint density at radius 1 is 1.00 bits per heavy atom. The SMILES string of the molecule is COC1CCCC(OC2CCCNC2)C1. The fourth-order valence-electron chi connectivity index (χ4n) is 2.65. The van der Waals surface area contributed by atoms with Crippen LogP contribution in [0.2, 0.25) is 0 Å². The van der Waals surface area contributed by atoms with Crippen LogP contribution in [0.25, 0.3) is 0 Å². The van der Waals surface area contributed by atoms with Gasteiger partial charge in [0.25, 0.3) is 0 Å². The quantitative estimate of drug-likeness (QED) is 0.774. The van der Waals surface area contributed by atoms with E-state index in [1.807, 2.05) is 7.11 Å². The minimum absolute atomic E-state index is 0.431. The second-order valence-corrected chi connectivity index (χ2v) is 4.75. The molecule has 3 nitrogen and oxygen atoms in total. The molecule has 1 N–H and O–H groups in total. The number of hydrogen-bond acceptors (Lipinski definition) is 3. The molecule has 0 aromatic carbocycles. The van der Waals surface area contributed by atoms with E-state index in [0.717, 1.165) is 19.5 Å². The van der Waals surface area contributed by atoms with Crippen LogP contribution < -0.4 is 5.32 Å². The molecular formula is C12H23NO2. The third kappa shape index (κ3) is 3.44. The van der Waals surface area contributed by atoms with Crippen molar-refractivity contribution in [1.82, 2.24) is 5.32 Å². The number of nitrogens with one attached hydrogen (secondary N) is 1. The standard InChI is InChI=1S/C12H23NO2/c1-14-10-4-2-5-11(8-10)15-12-6-3-7-13-9-12/h10-13H,2-9H2,1H3. The fourth-order valence-corrected chi connectivity index (χ4v) is 2.65. The topological polar surface area (TPSA) is 30.5 Å². The summed E-state index contributed by atoms with van der Waals surface area (Å²) in [5.74, 6) is 0. The van der Waals surface area contributed by atoms with Gasteiger partial charge in [-0.25, -0.2) is 0 Å². The van der Waals surface area contributed by atoms with Crippen molar-refractivity contribution in [2.45, 2.75) is 56.8 Å².